The number of benzene rings is 1. The molecule has 100 valence electrons. The monoisotopic (exact) mass is 252 g/mol. The normalized spacial score (nSPS) is 11.8. The van der Waals surface area contributed by atoms with Crippen LogP contribution in [0, 0.1) is 0 Å². The highest BCUT2D eigenvalue weighted by atomic mass is 16.5. The minimum Gasteiger partial charge on any atom is -0.493 e. The number of rotatable bonds is 5. The fourth-order valence-electron chi connectivity index (χ4n) is 1.76. The molecule has 0 unspecified atom stereocenters. The van der Waals surface area contributed by atoms with Crippen molar-refractivity contribution in [1.82, 2.24) is 4.90 Å². The predicted octanol–water partition coefficient (Wildman–Crippen LogP) is 1.01. The number of hydrogen-bond donors (Lipinski definition) is 1. The molecule has 1 amide bonds. The molecule has 0 aromatic heterocycles. The Morgan fingerprint density at radius 1 is 1.39 bits per heavy atom. The number of methoxy groups -OCH3 is 2. The number of nitrogens with zero attached hydrogens (tertiary/aromatic N) is 1. The van der Waals surface area contributed by atoms with Gasteiger partial charge in [-0.3, -0.25) is 4.79 Å². The molecule has 5 heteroatoms. The van der Waals surface area contributed by atoms with E-state index in [0.29, 0.717) is 18.0 Å². The predicted molar refractivity (Wildman–Crippen MR) is 69.7 cm³/mol. The molecule has 1 aromatic carbocycles. The van der Waals surface area contributed by atoms with Crippen molar-refractivity contribution in [3.05, 3.63) is 23.8 Å². The Hall–Kier alpha value is -1.75. The third kappa shape index (κ3) is 3.13. The van der Waals surface area contributed by atoms with Crippen LogP contribution < -0.4 is 15.2 Å². The Bertz CT molecular complexity index is 419. The first-order valence-electron chi connectivity index (χ1n) is 5.71. The summed E-state index contributed by atoms with van der Waals surface area (Å²) in [7, 11) is 4.87. The summed E-state index contributed by atoms with van der Waals surface area (Å²) in [4.78, 5) is 13.3. The number of carbonyl (C=O) groups excluding carboxylic acids is 1. The lowest BCUT2D eigenvalue weighted by Crippen LogP contribution is -2.39. The third-order valence-corrected chi connectivity index (χ3v) is 2.66. The SMILES string of the molecule is COc1cccc(CN(C)C(=O)[C@@H](C)N)c1OC. The zero-order valence-corrected chi connectivity index (χ0v) is 11.3. The topological polar surface area (TPSA) is 64.8 Å². The van der Waals surface area contributed by atoms with Gasteiger partial charge in [0.05, 0.1) is 20.3 Å². The molecule has 1 atom stereocenters. The van der Waals surface area contributed by atoms with Crippen molar-refractivity contribution < 1.29 is 14.3 Å². The van der Waals surface area contributed by atoms with E-state index in [2.05, 4.69) is 0 Å². The van der Waals surface area contributed by atoms with Crippen LogP contribution >= 0.6 is 0 Å². The number of carbonyl (C=O) groups is 1. The van der Waals surface area contributed by atoms with Gasteiger partial charge < -0.3 is 20.1 Å². The highest BCUT2D eigenvalue weighted by Crippen LogP contribution is 2.31. The van der Waals surface area contributed by atoms with Crippen LogP contribution in [0.15, 0.2) is 18.2 Å². The van der Waals surface area contributed by atoms with Crippen LogP contribution in [-0.2, 0) is 11.3 Å². The minimum atomic E-state index is -0.508. The Kier molecular flexibility index (Phi) is 4.97. The molecule has 0 bridgehead atoms. The zero-order valence-electron chi connectivity index (χ0n) is 11.3. The van der Waals surface area contributed by atoms with Crippen LogP contribution in [0.2, 0.25) is 0 Å². The summed E-state index contributed by atoms with van der Waals surface area (Å²) in [6.45, 7) is 2.10. The van der Waals surface area contributed by atoms with E-state index < -0.39 is 6.04 Å². The number of amides is 1. The van der Waals surface area contributed by atoms with Gasteiger partial charge in [-0.15, -0.1) is 0 Å². The largest absolute Gasteiger partial charge is 0.493 e. The Labute approximate surface area is 107 Å². The molecule has 0 aliphatic carbocycles. The molecule has 0 radical (unpaired) electrons. The molecule has 1 aromatic rings. The van der Waals surface area contributed by atoms with Crippen molar-refractivity contribution in [1.29, 1.82) is 0 Å². The van der Waals surface area contributed by atoms with Gasteiger partial charge >= 0.3 is 0 Å². The lowest BCUT2D eigenvalue weighted by Gasteiger charge is -2.21. The maximum atomic E-state index is 11.7. The highest BCUT2D eigenvalue weighted by molar-refractivity contribution is 5.81. The Morgan fingerprint density at radius 2 is 2.06 bits per heavy atom. The summed E-state index contributed by atoms with van der Waals surface area (Å²) >= 11 is 0. The van der Waals surface area contributed by atoms with Crippen molar-refractivity contribution in [3.8, 4) is 11.5 Å². The molecule has 0 heterocycles. The third-order valence-electron chi connectivity index (χ3n) is 2.66. The zero-order chi connectivity index (χ0) is 13.7. The smallest absolute Gasteiger partial charge is 0.239 e. The molecule has 18 heavy (non-hydrogen) atoms. The number of likely N-dealkylation sites (N-methyl/N-ethyl adjacent to an activating group) is 1. The first-order chi connectivity index (χ1) is 8.51. The molecule has 1 rings (SSSR count). The van der Waals surface area contributed by atoms with E-state index in [1.807, 2.05) is 18.2 Å². The molecule has 0 saturated heterocycles. The van der Waals surface area contributed by atoms with Crippen molar-refractivity contribution in [3.63, 3.8) is 0 Å². The number of nitrogens with two attached hydrogens (primary N) is 1. The van der Waals surface area contributed by atoms with E-state index >= 15 is 0 Å². The molecule has 0 aliphatic rings. The van der Waals surface area contributed by atoms with Gasteiger partial charge in [0.25, 0.3) is 0 Å². The fraction of sp³-hybridized carbons (Fsp3) is 0.462. The van der Waals surface area contributed by atoms with Crippen molar-refractivity contribution in [2.24, 2.45) is 5.73 Å². The molecule has 0 saturated carbocycles. The van der Waals surface area contributed by atoms with Gasteiger partial charge in [0.1, 0.15) is 0 Å². The number of para-hydroxylation sites is 1. The Balaban J connectivity index is 2.94. The second kappa shape index (κ2) is 6.26. The average Bonchev–Trinajstić information content (AvgIpc) is 2.37. The van der Waals surface area contributed by atoms with Crippen LogP contribution in [0.1, 0.15) is 12.5 Å². The van der Waals surface area contributed by atoms with Gasteiger partial charge in [0.15, 0.2) is 11.5 Å². The molecule has 0 aliphatic heterocycles. The van der Waals surface area contributed by atoms with E-state index in [0.717, 1.165) is 5.56 Å². The molecule has 2 N–H and O–H groups in total. The van der Waals surface area contributed by atoms with Gasteiger partial charge in [-0.05, 0) is 13.0 Å². The summed E-state index contributed by atoms with van der Waals surface area (Å²) in [6.07, 6.45) is 0. The highest BCUT2D eigenvalue weighted by Gasteiger charge is 2.17. The molecule has 0 spiro atoms. The molecular weight excluding hydrogens is 232 g/mol. The second-order valence-corrected chi connectivity index (χ2v) is 4.14. The van der Waals surface area contributed by atoms with Crippen LogP contribution in [0.25, 0.3) is 0 Å². The van der Waals surface area contributed by atoms with E-state index in [4.69, 9.17) is 15.2 Å². The maximum Gasteiger partial charge on any atom is 0.239 e. The fourth-order valence-corrected chi connectivity index (χ4v) is 1.76. The van der Waals surface area contributed by atoms with Gasteiger partial charge in [0, 0.05) is 19.2 Å². The van der Waals surface area contributed by atoms with Crippen molar-refractivity contribution >= 4 is 5.91 Å². The molecular formula is C13H20N2O3. The Morgan fingerprint density at radius 3 is 2.56 bits per heavy atom. The van der Waals surface area contributed by atoms with E-state index in [-0.39, 0.29) is 5.91 Å². The first-order valence-corrected chi connectivity index (χ1v) is 5.71. The number of hydrogen-bond acceptors (Lipinski definition) is 4. The lowest BCUT2D eigenvalue weighted by atomic mass is 10.1. The van der Waals surface area contributed by atoms with Crippen molar-refractivity contribution in [2.75, 3.05) is 21.3 Å². The summed E-state index contributed by atoms with van der Waals surface area (Å²) in [5, 5.41) is 0. The summed E-state index contributed by atoms with van der Waals surface area (Å²) in [5.41, 5.74) is 6.45. The summed E-state index contributed by atoms with van der Waals surface area (Å²) < 4.78 is 10.5. The van der Waals surface area contributed by atoms with Gasteiger partial charge in [-0.2, -0.15) is 0 Å². The first kappa shape index (κ1) is 14.3. The van der Waals surface area contributed by atoms with E-state index in [1.54, 1.807) is 33.1 Å². The van der Waals surface area contributed by atoms with Crippen LogP contribution in [0.4, 0.5) is 0 Å². The molecule has 5 nitrogen and oxygen atoms in total. The van der Waals surface area contributed by atoms with Crippen molar-refractivity contribution in [2.45, 2.75) is 19.5 Å². The van der Waals surface area contributed by atoms with Gasteiger partial charge in [-0.1, -0.05) is 12.1 Å². The quantitative estimate of drug-likeness (QED) is 0.849. The summed E-state index contributed by atoms with van der Waals surface area (Å²) in [6, 6.07) is 5.06. The van der Waals surface area contributed by atoms with Gasteiger partial charge in [-0.25, -0.2) is 0 Å². The standard InChI is InChI=1S/C13H20N2O3/c1-9(14)13(16)15(2)8-10-6-5-7-11(17-3)12(10)18-4/h5-7,9H,8,14H2,1-4H3/t9-/m1/s1. The minimum absolute atomic E-state index is 0.111. The second-order valence-electron chi connectivity index (χ2n) is 4.14. The summed E-state index contributed by atoms with van der Waals surface area (Å²) in [5.74, 6) is 1.18. The van der Waals surface area contributed by atoms with Gasteiger partial charge in [0.2, 0.25) is 5.91 Å². The maximum absolute atomic E-state index is 11.7. The van der Waals surface area contributed by atoms with Crippen LogP contribution in [0.5, 0.6) is 11.5 Å². The average molecular weight is 252 g/mol. The van der Waals surface area contributed by atoms with E-state index in [1.165, 1.54) is 0 Å². The lowest BCUT2D eigenvalue weighted by molar-refractivity contribution is -0.131. The molecule has 0 fully saturated rings. The number of ether oxygens (including phenoxy) is 2. The van der Waals surface area contributed by atoms with E-state index in [9.17, 15) is 4.79 Å². The van der Waals surface area contributed by atoms with Crippen LogP contribution in [-0.4, -0.2) is 38.1 Å². The van der Waals surface area contributed by atoms with Crippen LogP contribution in [0.3, 0.4) is 0 Å².